The Bertz CT molecular complexity index is 1060. The number of benzene rings is 3. The highest BCUT2D eigenvalue weighted by Crippen LogP contribution is 2.24. The molecule has 0 N–H and O–H groups in total. The van der Waals surface area contributed by atoms with Gasteiger partial charge >= 0.3 is 5.97 Å². The van der Waals surface area contributed by atoms with Crippen LogP contribution in [0.2, 0.25) is 0 Å². The number of nitrogens with zero attached hydrogens (tertiary/aromatic N) is 2. The van der Waals surface area contributed by atoms with Crippen LogP contribution in [0.1, 0.15) is 22.0 Å². The molecule has 1 aromatic heterocycles. The van der Waals surface area contributed by atoms with E-state index in [-0.39, 0.29) is 5.82 Å². The monoisotopic (exact) mass is 386 g/mol. The van der Waals surface area contributed by atoms with Crippen molar-refractivity contribution in [1.29, 1.82) is 0 Å². The van der Waals surface area contributed by atoms with E-state index >= 15 is 0 Å². The molecular formula is C24H19FN2O2. The van der Waals surface area contributed by atoms with Crippen molar-refractivity contribution in [2.75, 3.05) is 0 Å². The minimum Gasteiger partial charge on any atom is -0.452 e. The van der Waals surface area contributed by atoms with Crippen molar-refractivity contribution in [3.8, 4) is 11.1 Å². The summed E-state index contributed by atoms with van der Waals surface area (Å²) in [6.07, 6.45) is 4.54. The maximum Gasteiger partial charge on any atom is 0.338 e. The zero-order valence-electron chi connectivity index (χ0n) is 15.6. The lowest BCUT2D eigenvalue weighted by Gasteiger charge is -2.19. The number of carbonyl (C=O) groups is 1. The van der Waals surface area contributed by atoms with Crippen molar-refractivity contribution in [2.24, 2.45) is 0 Å². The first kappa shape index (κ1) is 18.6. The van der Waals surface area contributed by atoms with Crippen molar-refractivity contribution in [3.05, 3.63) is 115 Å². The molecule has 0 unspecified atom stereocenters. The molecule has 4 rings (SSSR count). The third-order valence-corrected chi connectivity index (χ3v) is 4.65. The predicted octanol–water partition coefficient (Wildman–Crippen LogP) is 5.29. The molecule has 144 valence electrons. The third kappa shape index (κ3) is 4.58. The number of imidazole rings is 1. The number of aromatic nitrogens is 2. The third-order valence-electron chi connectivity index (χ3n) is 4.65. The van der Waals surface area contributed by atoms with Gasteiger partial charge in [0.1, 0.15) is 11.9 Å². The molecule has 0 spiro atoms. The molecule has 4 nitrogen and oxygen atoms in total. The van der Waals surface area contributed by atoms with Gasteiger partial charge < -0.3 is 9.30 Å². The van der Waals surface area contributed by atoms with Gasteiger partial charge in [0, 0.05) is 12.4 Å². The Morgan fingerprint density at radius 2 is 1.62 bits per heavy atom. The standard InChI is InChI=1S/C24H19FN2O2/c25-22-12-10-20(11-13-22)23(16-27-15-14-26-17-27)29-24(28)21-8-6-19(7-9-21)18-4-2-1-3-5-18/h1-15,17,23H,16H2/t23-/m1/s1. The van der Waals surface area contributed by atoms with E-state index in [2.05, 4.69) is 4.98 Å². The Labute approximate surface area is 168 Å². The second-order valence-corrected chi connectivity index (χ2v) is 6.65. The molecule has 3 aromatic carbocycles. The van der Waals surface area contributed by atoms with Gasteiger partial charge in [-0.1, -0.05) is 54.6 Å². The summed E-state index contributed by atoms with van der Waals surface area (Å²) in [7, 11) is 0. The van der Waals surface area contributed by atoms with Crippen LogP contribution >= 0.6 is 0 Å². The predicted molar refractivity (Wildman–Crippen MR) is 109 cm³/mol. The fourth-order valence-electron chi connectivity index (χ4n) is 3.10. The summed E-state index contributed by atoms with van der Waals surface area (Å²) >= 11 is 0. The molecule has 0 aliphatic heterocycles. The normalized spacial score (nSPS) is 11.8. The van der Waals surface area contributed by atoms with Crippen LogP contribution in [0.3, 0.4) is 0 Å². The van der Waals surface area contributed by atoms with Gasteiger partial charge in [0.05, 0.1) is 18.4 Å². The van der Waals surface area contributed by atoms with Crippen molar-refractivity contribution in [3.63, 3.8) is 0 Å². The summed E-state index contributed by atoms with van der Waals surface area (Å²) in [4.78, 5) is 16.8. The zero-order valence-corrected chi connectivity index (χ0v) is 15.6. The molecule has 1 heterocycles. The maximum atomic E-state index is 13.3. The van der Waals surface area contributed by atoms with Crippen molar-refractivity contribution >= 4 is 5.97 Å². The molecule has 0 saturated heterocycles. The fraction of sp³-hybridized carbons (Fsp3) is 0.0833. The summed E-state index contributed by atoms with van der Waals surface area (Å²) in [5.41, 5.74) is 3.28. The van der Waals surface area contributed by atoms with Gasteiger partial charge in [0.15, 0.2) is 0 Å². The summed E-state index contributed by atoms with van der Waals surface area (Å²) in [6, 6.07) is 23.2. The van der Waals surface area contributed by atoms with E-state index in [0.29, 0.717) is 17.7 Å². The van der Waals surface area contributed by atoms with Gasteiger partial charge in [-0.25, -0.2) is 14.2 Å². The Kier molecular flexibility index (Phi) is 5.47. The molecule has 5 heteroatoms. The van der Waals surface area contributed by atoms with Crippen LogP contribution in [0.15, 0.2) is 97.6 Å². The number of rotatable bonds is 6. The molecule has 0 fully saturated rings. The van der Waals surface area contributed by atoms with Crippen LogP contribution in [0.5, 0.6) is 0 Å². The second kappa shape index (κ2) is 8.52. The minimum absolute atomic E-state index is 0.335. The number of halogens is 1. The van der Waals surface area contributed by atoms with Crippen LogP contribution in [-0.2, 0) is 11.3 Å². The first-order valence-corrected chi connectivity index (χ1v) is 9.27. The van der Waals surface area contributed by atoms with Gasteiger partial charge in [0.2, 0.25) is 0 Å². The lowest BCUT2D eigenvalue weighted by atomic mass is 10.0. The number of carbonyl (C=O) groups excluding carboxylic acids is 1. The molecule has 1 atom stereocenters. The van der Waals surface area contributed by atoms with Crippen molar-refractivity contribution in [1.82, 2.24) is 9.55 Å². The number of hydrogen-bond acceptors (Lipinski definition) is 3. The van der Waals surface area contributed by atoms with E-state index in [1.165, 1.54) is 12.1 Å². The van der Waals surface area contributed by atoms with Crippen molar-refractivity contribution < 1.29 is 13.9 Å². The minimum atomic E-state index is -0.564. The van der Waals surface area contributed by atoms with Crippen LogP contribution in [-0.4, -0.2) is 15.5 Å². The van der Waals surface area contributed by atoms with E-state index in [0.717, 1.165) is 11.1 Å². The van der Waals surface area contributed by atoms with E-state index in [1.807, 2.05) is 47.0 Å². The molecule has 0 bridgehead atoms. The highest BCUT2D eigenvalue weighted by Gasteiger charge is 2.19. The average Bonchev–Trinajstić information content (AvgIpc) is 3.28. The van der Waals surface area contributed by atoms with Crippen LogP contribution < -0.4 is 0 Å². The Hall–Kier alpha value is -3.73. The number of hydrogen-bond donors (Lipinski definition) is 0. The van der Waals surface area contributed by atoms with E-state index in [9.17, 15) is 9.18 Å². The first-order chi connectivity index (χ1) is 14.2. The van der Waals surface area contributed by atoms with Gasteiger partial charge in [-0.05, 0) is 41.0 Å². The van der Waals surface area contributed by atoms with E-state index in [4.69, 9.17) is 4.74 Å². The number of ether oxygens (including phenoxy) is 1. The van der Waals surface area contributed by atoms with Gasteiger partial charge in [0.25, 0.3) is 0 Å². The fourth-order valence-corrected chi connectivity index (χ4v) is 3.10. The zero-order chi connectivity index (χ0) is 20.1. The molecule has 0 aliphatic carbocycles. The van der Waals surface area contributed by atoms with Gasteiger partial charge in [-0.2, -0.15) is 0 Å². The van der Waals surface area contributed by atoms with Crippen LogP contribution in [0.4, 0.5) is 4.39 Å². The molecule has 0 amide bonds. The number of esters is 1. The highest BCUT2D eigenvalue weighted by molar-refractivity contribution is 5.90. The SMILES string of the molecule is O=C(O[C@H](Cn1ccnc1)c1ccc(F)cc1)c1ccc(-c2ccccc2)cc1. The summed E-state index contributed by atoms with van der Waals surface area (Å²) in [6.45, 7) is 0.388. The lowest BCUT2D eigenvalue weighted by Crippen LogP contribution is -2.16. The van der Waals surface area contributed by atoms with Crippen LogP contribution in [0, 0.1) is 5.82 Å². The molecule has 0 saturated carbocycles. The summed E-state index contributed by atoms with van der Waals surface area (Å²) < 4.78 is 20.9. The van der Waals surface area contributed by atoms with Gasteiger partial charge in [-0.15, -0.1) is 0 Å². The lowest BCUT2D eigenvalue weighted by molar-refractivity contribution is 0.0255. The highest BCUT2D eigenvalue weighted by atomic mass is 19.1. The topological polar surface area (TPSA) is 44.1 Å². The largest absolute Gasteiger partial charge is 0.452 e. The van der Waals surface area contributed by atoms with E-state index in [1.54, 1.807) is 43.0 Å². The molecular weight excluding hydrogens is 367 g/mol. The maximum absolute atomic E-state index is 13.3. The van der Waals surface area contributed by atoms with Crippen molar-refractivity contribution in [2.45, 2.75) is 12.6 Å². The average molecular weight is 386 g/mol. The molecule has 4 aromatic rings. The van der Waals surface area contributed by atoms with Crippen LogP contribution in [0.25, 0.3) is 11.1 Å². The molecule has 0 aliphatic rings. The first-order valence-electron chi connectivity index (χ1n) is 9.27. The Balaban J connectivity index is 1.53. The Morgan fingerprint density at radius 1 is 0.931 bits per heavy atom. The smallest absolute Gasteiger partial charge is 0.338 e. The molecule has 29 heavy (non-hydrogen) atoms. The Morgan fingerprint density at radius 3 is 2.28 bits per heavy atom. The summed E-state index contributed by atoms with van der Waals surface area (Å²) in [5, 5.41) is 0. The summed E-state index contributed by atoms with van der Waals surface area (Å²) in [5.74, 6) is -0.767. The second-order valence-electron chi connectivity index (χ2n) is 6.65. The molecule has 0 radical (unpaired) electrons. The quantitative estimate of drug-likeness (QED) is 0.423. The van der Waals surface area contributed by atoms with Gasteiger partial charge in [-0.3, -0.25) is 0 Å². The van der Waals surface area contributed by atoms with E-state index < -0.39 is 12.1 Å².